The third kappa shape index (κ3) is 2.51. The van der Waals surface area contributed by atoms with Crippen LogP contribution in [0.2, 0.25) is 0 Å². The van der Waals surface area contributed by atoms with Gasteiger partial charge in [0, 0.05) is 43.6 Å². The molecule has 3 aromatic rings. The van der Waals surface area contributed by atoms with Gasteiger partial charge in [0.1, 0.15) is 5.65 Å². The minimum Gasteiger partial charge on any atom is -0.422 e. The quantitative estimate of drug-likeness (QED) is 0.525. The molecular weight excluding hydrogens is 273 g/mol. The fourth-order valence-electron chi connectivity index (χ4n) is 1.96. The summed E-state index contributed by atoms with van der Waals surface area (Å²) in [6, 6.07) is 3.51. The number of aryl methyl sites for hydroxylation is 1. The average molecular weight is 285 g/mol. The maximum absolute atomic E-state index is 12.0. The zero-order valence-corrected chi connectivity index (χ0v) is 11.1. The first-order valence-electron chi connectivity index (χ1n) is 6.18. The molecule has 0 saturated carbocycles. The summed E-state index contributed by atoms with van der Waals surface area (Å²) in [6.45, 7) is 0. The molecule has 106 valence electrons. The molecule has 0 aliphatic heterocycles. The van der Waals surface area contributed by atoms with Crippen LogP contribution in [0.3, 0.4) is 0 Å². The number of fused-ring (bicyclic) bond motifs is 1. The minimum absolute atomic E-state index is 0.0125. The van der Waals surface area contributed by atoms with Gasteiger partial charge in [-0.05, 0) is 6.07 Å². The van der Waals surface area contributed by atoms with E-state index >= 15 is 0 Å². The summed E-state index contributed by atoms with van der Waals surface area (Å²) in [5.74, 6) is 0.0130. The van der Waals surface area contributed by atoms with Crippen LogP contribution in [0.25, 0.3) is 5.65 Å². The molecular formula is C12H12BN5O3. The van der Waals surface area contributed by atoms with E-state index in [0.717, 1.165) is 5.65 Å². The molecule has 0 aliphatic rings. The Morgan fingerprint density at radius 3 is 2.90 bits per heavy atom. The number of hydrogen-bond acceptors (Lipinski definition) is 6. The van der Waals surface area contributed by atoms with Gasteiger partial charge >= 0.3 is 7.12 Å². The van der Waals surface area contributed by atoms with Gasteiger partial charge in [0.15, 0.2) is 5.82 Å². The number of imidazole rings is 1. The molecule has 9 heteroatoms. The molecule has 0 aliphatic carbocycles. The van der Waals surface area contributed by atoms with E-state index in [4.69, 9.17) is 0 Å². The third-order valence-electron chi connectivity index (χ3n) is 3.01. The zero-order chi connectivity index (χ0) is 15.0. The molecule has 0 radical (unpaired) electrons. The van der Waals surface area contributed by atoms with E-state index in [1.54, 1.807) is 30.7 Å². The van der Waals surface area contributed by atoms with Crippen molar-refractivity contribution in [2.24, 2.45) is 7.05 Å². The van der Waals surface area contributed by atoms with Gasteiger partial charge in [-0.25, -0.2) is 9.97 Å². The summed E-state index contributed by atoms with van der Waals surface area (Å²) < 4.78 is 3.06. The van der Waals surface area contributed by atoms with Crippen LogP contribution in [0, 0.1) is 0 Å². The highest BCUT2D eigenvalue weighted by Crippen LogP contribution is 2.13. The van der Waals surface area contributed by atoms with E-state index in [2.05, 4.69) is 15.3 Å². The van der Waals surface area contributed by atoms with Gasteiger partial charge in [0.25, 0.3) is 5.56 Å². The molecule has 0 fully saturated rings. The minimum atomic E-state index is -1.74. The highest BCUT2D eigenvalue weighted by Gasteiger charge is 2.17. The predicted molar refractivity (Wildman–Crippen MR) is 77.8 cm³/mol. The van der Waals surface area contributed by atoms with Crippen LogP contribution in [-0.2, 0) is 7.05 Å². The molecule has 0 aromatic carbocycles. The Kier molecular flexibility index (Phi) is 3.20. The maximum atomic E-state index is 12.0. The highest BCUT2D eigenvalue weighted by atomic mass is 16.4. The SMILES string of the molecule is Cn1cc(B(O)O)nc(Nc2ccn3ccnc3c2)c1=O. The van der Waals surface area contributed by atoms with E-state index in [-0.39, 0.29) is 17.0 Å². The molecule has 3 aromatic heterocycles. The molecule has 0 unspecified atom stereocenters. The Hall–Kier alpha value is -2.65. The molecule has 3 rings (SSSR count). The third-order valence-corrected chi connectivity index (χ3v) is 3.01. The van der Waals surface area contributed by atoms with Gasteiger partial charge in [-0.3, -0.25) is 4.79 Å². The van der Waals surface area contributed by atoms with E-state index in [9.17, 15) is 14.8 Å². The summed E-state index contributed by atoms with van der Waals surface area (Å²) >= 11 is 0. The van der Waals surface area contributed by atoms with Crippen molar-refractivity contribution in [3.8, 4) is 0 Å². The summed E-state index contributed by atoms with van der Waals surface area (Å²) in [6.07, 6.45) is 6.54. The van der Waals surface area contributed by atoms with Crippen LogP contribution in [-0.4, -0.2) is 36.1 Å². The molecule has 0 amide bonds. The van der Waals surface area contributed by atoms with Crippen LogP contribution >= 0.6 is 0 Å². The van der Waals surface area contributed by atoms with Crippen molar-refractivity contribution >= 4 is 29.9 Å². The van der Waals surface area contributed by atoms with Gasteiger partial charge < -0.3 is 24.3 Å². The monoisotopic (exact) mass is 285 g/mol. The summed E-state index contributed by atoms with van der Waals surface area (Å²) in [5.41, 5.74) is 0.960. The summed E-state index contributed by atoms with van der Waals surface area (Å²) in [7, 11) is -0.231. The second-order valence-electron chi connectivity index (χ2n) is 4.54. The van der Waals surface area contributed by atoms with E-state index < -0.39 is 7.12 Å². The second kappa shape index (κ2) is 5.04. The molecule has 3 heterocycles. The van der Waals surface area contributed by atoms with E-state index in [1.165, 1.54) is 17.8 Å². The average Bonchev–Trinajstić information content (AvgIpc) is 2.91. The van der Waals surface area contributed by atoms with Crippen molar-refractivity contribution in [1.82, 2.24) is 18.9 Å². The Labute approximate surface area is 119 Å². The van der Waals surface area contributed by atoms with Gasteiger partial charge in [0.2, 0.25) is 0 Å². The smallest absolute Gasteiger partial charge is 0.422 e. The van der Waals surface area contributed by atoms with Gasteiger partial charge in [-0.2, -0.15) is 0 Å². The summed E-state index contributed by atoms with van der Waals surface area (Å²) in [5, 5.41) is 21.2. The Morgan fingerprint density at radius 1 is 1.33 bits per heavy atom. The van der Waals surface area contributed by atoms with Crippen molar-refractivity contribution in [2.75, 3.05) is 5.32 Å². The number of hydrogen-bond donors (Lipinski definition) is 3. The van der Waals surface area contributed by atoms with Crippen LogP contribution < -0.4 is 16.5 Å². The number of nitrogens with one attached hydrogen (secondary N) is 1. The van der Waals surface area contributed by atoms with Gasteiger partial charge in [-0.1, -0.05) is 0 Å². The maximum Gasteiger partial charge on any atom is 0.509 e. The fraction of sp³-hybridized carbons (Fsp3) is 0.0833. The van der Waals surface area contributed by atoms with Crippen LogP contribution in [0.1, 0.15) is 0 Å². The lowest BCUT2D eigenvalue weighted by atomic mass is 9.87. The molecule has 3 N–H and O–H groups in total. The summed E-state index contributed by atoms with van der Waals surface area (Å²) in [4.78, 5) is 20.1. The topological polar surface area (TPSA) is 105 Å². The lowest BCUT2D eigenvalue weighted by Gasteiger charge is -2.09. The van der Waals surface area contributed by atoms with Crippen molar-refractivity contribution in [2.45, 2.75) is 0 Å². The Bertz CT molecular complexity index is 857. The van der Waals surface area contributed by atoms with Crippen molar-refractivity contribution in [1.29, 1.82) is 0 Å². The molecule has 8 nitrogen and oxygen atoms in total. The van der Waals surface area contributed by atoms with Crippen molar-refractivity contribution in [3.05, 3.63) is 47.3 Å². The molecule has 0 bridgehead atoms. The predicted octanol–water partition coefficient (Wildman–Crippen LogP) is -1.15. The van der Waals surface area contributed by atoms with Crippen molar-refractivity contribution in [3.63, 3.8) is 0 Å². The first-order valence-corrected chi connectivity index (χ1v) is 6.18. The first-order chi connectivity index (χ1) is 10.0. The second-order valence-corrected chi connectivity index (χ2v) is 4.54. The Balaban J connectivity index is 2.02. The number of rotatable bonds is 3. The van der Waals surface area contributed by atoms with E-state index in [0.29, 0.717) is 5.69 Å². The molecule has 21 heavy (non-hydrogen) atoms. The fourth-order valence-corrected chi connectivity index (χ4v) is 1.96. The number of aromatic nitrogens is 4. The van der Waals surface area contributed by atoms with Crippen molar-refractivity contribution < 1.29 is 10.0 Å². The number of anilines is 2. The molecule has 0 atom stereocenters. The largest absolute Gasteiger partial charge is 0.509 e. The molecule has 0 saturated heterocycles. The van der Waals surface area contributed by atoms with Gasteiger partial charge in [-0.15, -0.1) is 0 Å². The van der Waals surface area contributed by atoms with Gasteiger partial charge in [0.05, 0.1) is 5.59 Å². The lowest BCUT2D eigenvalue weighted by molar-refractivity contribution is 0.423. The Morgan fingerprint density at radius 2 is 2.14 bits per heavy atom. The standard InChI is InChI=1S/C12H12BN5O3/c1-17-7-9(13(20)21)16-11(12(17)19)15-8-2-4-18-5-3-14-10(18)6-8/h2-7,20-21H,1H3,(H,15,16). The van der Waals surface area contributed by atoms with Crippen LogP contribution in [0.5, 0.6) is 0 Å². The molecule has 0 spiro atoms. The van der Waals surface area contributed by atoms with Crippen LogP contribution in [0.4, 0.5) is 11.5 Å². The normalized spacial score (nSPS) is 10.8. The zero-order valence-electron chi connectivity index (χ0n) is 11.1. The van der Waals surface area contributed by atoms with Crippen LogP contribution in [0.15, 0.2) is 41.7 Å². The number of nitrogens with zero attached hydrogens (tertiary/aromatic N) is 4. The highest BCUT2D eigenvalue weighted by molar-refractivity contribution is 6.57. The first kappa shape index (κ1) is 13.3. The number of pyridine rings is 1. The lowest BCUT2D eigenvalue weighted by Crippen LogP contribution is -2.38. The van der Waals surface area contributed by atoms with E-state index in [1.807, 2.05) is 4.40 Å².